The lowest BCUT2D eigenvalue weighted by Gasteiger charge is -2.36. The molecule has 1 aromatic carbocycles. The molecule has 1 aliphatic heterocycles. The zero-order valence-electron chi connectivity index (χ0n) is 10.1. The first-order valence-electron chi connectivity index (χ1n) is 6.09. The average molecular weight is 255 g/mol. The van der Waals surface area contributed by atoms with Gasteiger partial charge in [0.1, 0.15) is 0 Å². The number of hydrogen-bond donors (Lipinski definition) is 1. The second-order valence-corrected chi connectivity index (χ2v) is 4.98. The molecule has 0 radical (unpaired) electrons. The van der Waals surface area contributed by atoms with Gasteiger partial charge in [-0.05, 0) is 37.5 Å². The molecule has 1 saturated heterocycles. The molecular weight excluding hydrogens is 236 g/mol. The summed E-state index contributed by atoms with van der Waals surface area (Å²) in [5.41, 5.74) is 7.20. The second kappa shape index (κ2) is 5.83. The maximum absolute atomic E-state index is 6.08. The fourth-order valence-electron chi connectivity index (χ4n) is 2.26. The minimum Gasteiger partial charge on any atom is -0.326 e. The molecular formula is C13H19ClN2O. The highest BCUT2D eigenvalue weighted by Gasteiger charge is 2.26. The smallest absolute Gasteiger partial charge is 0.0750 e. The average Bonchev–Trinajstić information content (AvgIpc) is 2.30. The van der Waals surface area contributed by atoms with Crippen molar-refractivity contribution < 1.29 is 4.84 Å². The molecule has 0 aromatic heterocycles. The van der Waals surface area contributed by atoms with Gasteiger partial charge in [-0.1, -0.05) is 23.7 Å². The predicted molar refractivity (Wildman–Crippen MR) is 69.7 cm³/mol. The predicted octanol–water partition coefficient (Wildman–Crippen LogP) is 2.76. The van der Waals surface area contributed by atoms with E-state index >= 15 is 0 Å². The topological polar surface area (TPSA) is 38.5 Å². The van der Waals surface area contributed by atoms with E-state index in [4.69, 9.17) is 22.2 Å². The first-order chi connectivity index (χ1) is 8.18. The summed E-state index contributed by atoms with van der Waals surface area (Å²) >= 11 is 6.03. The molecule has 3 nitrogen and oxygen atoms in total. The molecule has 4 heteroatoms. The van der Waals surface area contributed by atoms with Crippen LogP contribution in [0.1, 0.15) is 31.4 Å². The largest absolute Gasteiger partial charge is 0.326 e. The van der Waals surface area contributed by atoms with Crippen molar-refractivity contribution in [3.63, 3.8) is 0 Å². The van der Waals surface area contributed by atoms with Crippen LogP contribution in [0.5, 0.6) is 0 Å². The van der Waals surface area contributed by atoms with Gasteiger partial charge >= 0.3 is 0 Å². The Bertz CT molecular complexity index is 364. The van der Waals surface area contributed by atoms with Crippen molar-refractivity contribution in [1.29, 1.82) is 0 Å². The summed E-state index contributed by atoms with van der Waals surface area (Å²) in [6.07, 6.45) is 2.28. The Morgan fingerprint density at radius 1 is 1.41 bits per heavy atom. The Morgan fingerprint density at radius 3 is 2.82 bits per heavy atom. The third kappa shape index (κ3) is 3.19. The molecule has 1 aromatic rings. The van der Waals surface area contributed by atoms with E-state index in [1.165, 1.54) is 0 Å². The van der Waals surface area contributed by atoms with Crippen LogP contribution in [0.3, 0.4) is 0 Å². The SMILES string of the molecule is CC(N)C(c1cccc(Cl)c1)N1CCCCO1. The summed E-state index contributed by atoms with van der Waals surface area (Å²) in [5.74, 6) is 0. The van der Waals surface area contributed by atoms with Crippen LogP contribution in [0.4, 0.5) is 0 Å². The normalized spacial score (nSPS) is 21.1. The molecule has 0 saturated carbocycles. The minimum atomic E-state index is 0.00608. The summed E-state index contributed by atoms with van der Waals surface area (Å²) < 4.78 is 0. The van der Waals surface area contributed by atoms with Crippen molar-refractivity contribution in [2.45, 2.75) is 31.8 Å². The Kier molecular flexibility index (Phi) is 4.40. The molecule has 0 amide bonds. The molecule has 2 atom stereocenters. The molecule has 1 aliphatic rings. The lowest BCUT2D eigenvalue weighted by Crippen LogP contribution is -2.42. The molecule has 2 rings (SSSR count). The molecule has 0 bridgehead atoms. The van der Waals surface area contributed by atoms with Crippen molar-refractivity contribution >= 4 is 11.6 Å². The Balaban J connectivity index is 2.21. The first kappa shape index (κ1) is 12.8. The summed E-state index contributed by atoms with van der Waals surface area (Å²) in [6, 6.07) is 7.93. The quantitative estimate of drug-likeness (QED) is 0.902. The standard InChI is InChI=1S/C13H19ClN2O/c1-10(15)13(16-7-2-3-8-17-16)11-5-4-6-12(14)9-11/h4-6,9-10,13H,2-3,7-8,15H2,1H3. The van der Waals surface area contributed by atoms with E-state index in [0.29, 0.717) is 0 Å². The second-order valence-electron chi connectivity index (χ2n) is 4.54. The van der Waals surface area contributed by atoms with E-state index in [1.807, 2.05) is 30.2 Å². The first-order valence-corrected chi connectivity index (χ1v) is 6.47. The molecule has 2 N–H and O–H groups in total. The van der Waals surface area contributed by atoms with Crippen LogP contribution in [-0.2, 0) is 4.84 Å². The molecule has 2 unspecified atom stereocenters. The van der Waals surface area contributed by atoms with Crippen LogP contribution in [0, 0.1) is 0 Å². The highest BCUT2D eigenvalue weighted by Crippen LogP contribution is 2.27. The van der Waals surface area contributed by atoms with Gasteiger partial charge in [0.25, 0.3) is 0 Å². The molecule has 0 aliphatic carbocycles. The van der Waals surface area contributed by atoms with E-state index in [-0.39, 0.29) is 12.1 Å². The van der Waals surface area contributed by atoms with Gasteiger partial charge in [-0.2, -0.15) is 5.06 Å². The van der Waals surface area contributed by atoms with E-state index in [9.17, 15) is 0 Å². The number of hydrogen-bond acceptors (Lipinski definition) is 3. The number of nitrogens with two attached hydrogens (primary N) is 1. The van der Waals surface area contributed by atoms with Crippen LogP contribution in [0.25, 0.3) is 0 Å². The summed E-state index contributed by atoms with van der Waals surface area (Å²) in [5, 5.41) is 2.74. The van der Waals surface area contributed by atoms with Crippen LogP contribution in [-0.4, -0.2) is 24.3 Å². The van der Waals surface area contributed by atoms with E-state index in [2.05, 4.69) is 6.07 Å². The zero-order chi connectivity index (χ0) is 12.3. The third-order valence-electron chi connectivity index (χ3n) is 3.03. The van der Waals surface area contributed by atoms with E-state index < -0.39 is 0 Å². The minimum absolute atomic E-state index is 0.00608. The Hall–Kier alpha value is -0.610. The summed E-state index contributed by atoms with van der Waals surface area (Å²) in [6.45, 7) is 3.71. The summed E-state index contributed by atoms with van der Waals surface area (Å²) in [4.78, 5) is 5.71. The highest BCUT2D eigenvalue weighted by atomic mass is 35.5. The molecule has 0 spiro atoms. The van der Waals surface area contributed by atoms with Gasteiger partial charge < -0.3 is 5.73 Å². The molecule has 17 heavy (non-hydrogen) atoms. The highest BCUT2D eigenvalue weighted by molar-refractivity contribution is 6.30. The maximum Gasteiger partial charge on any atom is 0.0750 e. The van der Waals surface area contributed by atoms with Crippen molar-refractivity contribution in [2.24, 2.45) is 5.73 Å². The van der Waals surface area contributed by atoms with Crippen molar-refractivity contribution in [2.75, 3.05) is 13.2 Å². The number of hydroxylamine groups is 2. The Labute approximate surface area is 107 Å². The van der Waals surface area contributed by atoms with Crippen LogP contribution in [0.2, 0.25) is 5.02 Å². The number of rotatable bonds is 3. The Morgan fingerprint density at radius 2 is 2.24 bits per heavy atom. The van der Waals surface area contributed by atoms with Crippen molar-refractivity contribution in [1.82, 2.24) is 5.06 Å². The molecule has 94 valence electrons. The fourth-order valence-corrected chi connectivity index (χ4v) is 2.46. The van der Waals surface area contributed by atoms with Gasteiger partial charge in [0.2, 0.25) is 0 Å². The van der Waals surface area contributed by atoms with Gasteiger partial charge in [-0.25, -0.2) is 0 Å². The van der Waals surface area contributed by atoms with E-state index in [0.717, 1.165) is 36.6 Å². The van der Waals surface area contributed by atoms with E-state index in [1.54, 1.807) is 0 Å². The fraction of sp³-hybridized carbons (Fsp3) is 0.538. The van der Waals surface area contributed by atoms with Crippen LogP contribution in [0.15, 0.2) is 24.3 Å². The number of nitrogens with zero attached hydrogens (tertiary/aromatic N) is 1. The lowest BCUT2D eigenvalue weighted by molar-refractivity contribution is -0.211. The van der Waals surface area contributed by atoms with Crippen LogP contribution >= 0.6 is 11.6 Å². The van der Waals surface area contributed by atoms with Crippen LogP contribution < -0.4 is 5.73 Å². The lowest BCUT2D eigenvalue weighted by atomic mass is 10.00. The van der Waals surface area contributed by atoms with Gasteiger partial charge in [0.15, 0.2) is 0 Å². The molecule has 1 heterocycles. The van der Waals surface area contributed by atoms with Crippen molar-refractivity contribution in [3.05, 3.63) is 34.9 Å². The third-order valence-corrected chi connectivity index (χ3v) is 3.26. The van der Waals surface area contributed by atoms with Gasteiger partial charge in [0.05, 0.1) is 12.6 Å². The zero-order valence-corrected chi connectivity index (χ0v) is 10.9. The summed E-state index contributed by atoms with van der Waals surface area (Å²) in [7, 11) is 0. The van der Waals surface area contributed by atoms with Crippen molar-refractivity contribution in [3.8, 4) is 0 Å². The monoisotopic (exact) mass is 254 g/mol. The number of benzene rings is 1. The van der Waals surface area contributed by atoms with Gasteiger partial charge in [0, 0.05) is 17.6 Å². The van der Waals surface area contributed by atoms with Gasteiger partial charge in [-0.15, -0.1) is 0 Å². The maximum atomic E-state index is 6.08. The molecule has 1 fully saturated rings. The van der Waals surface area contributed by atoms with Gasteiger partial charge in [-0.3, -0.25) is 4.84 Å². The number of halogens is 1.